The SMILES string of the molecule is Cc1ccc(C)c(C(=O)N(CC(N)=O)C2CCNC2)c1. The molecule has 1 atom stereocenters. The first-order valence-corrected chi connectivity index (χ1v) is 6.86. The minimum absolute atomic E-state index is 0.0292. The number of carbonyl (C=O) groups excluding carboxylic acids is 2. The molecule has 0 aliphatic carbocycles. The molecule has 1 aromatic rings. The Morgan fingerprint density at radius 2 is 2.15 bits per heavy atom. The largest absolute Gasteiger partial charge is 0.368 e. The molecule has 0 saturated carbocycles. The molecule has 1 unspecified atom stereocenters. The predicted octanol–water partition coefficient (Wildman–Crippen LogP) is 0.593. The van der Waals surface area contributed by atoms with Gasteiger partial charge in [0.1, 0.15) is 0 Å². The van der Waals surface area contributed by atoms with Gasteiger partial charge in [0.15, 0.2) is 0 Å². The zero-order valence-corrected chi connectivity index (χ0v) is 12.0. The van der Waals surface area contributed by atoms with Gasteiger partial charge in [-0.2, -0.15) is 0 Å². The van der Waals surface area contributed by atoms with Gasteiger partial charge in [0.25, 0.3) is 5.91 Å². The first kappa shape index (κ1) is 14.5. The lowest BCUT2D eigenvalue weighted by Gasteiger charge is -2.28. The Balaban J connectivity index is 2.29. The van der Waals surface area contributed by atoms with Crippen molar-refractivity contribution >= 4 is 11.8 Å². The summed E-state index contributed by atoms with van der Waals surface area (Å²) in [5.41, 5.74) is 7.89. The molecule has 5 nitrogen and oxygen atoms in total. The summed E-state index contributed by atoms with van der Waals surface area (Å²) in [5, 5.41) is 3.21. The second kappa shape index (κ2) is 6.05. The fourth-order valence-electron chi connectivity index (χ4n) is 2.56. The first-order chi connectivity index (χ1) is 9.49. The Hall–Kier alpha value is -1.88. The Morgan fingerprint density at radius 1 is 1.40 bits per heavy atom. The van der Waals surface area contributed by atoms with E-state index < -0.39 is 5.91 Å². The molecule has 2 amide bonds. The van der Waals surface area contributed by atoms with E-state index in [1.807, 2.05) is 32.0 Å². The monoisotopic (exact) mass is 275 g/mol. The average Bonchev–Trinajstić information content (AvgIpc) is 2.91. The van der Waals surface area contributed by atoms with E-state index in [0.717, 1.165) is 24.1 Å². The quantitative estimate of drug-likeness (QED) is 0.844. The van der Waals surface area contributed by atoms with Crippen LogP contribution in [0.15, 0.2) is 18.2 Å². The van der Waals surface area contributed by atoms with E-state index in [1.54, 1.807) is 4.90 Å². The molecule has 3 N–H and O–H groups in total. The van der Waals surface area contributed by atoms with Crippen LogP contribution in [-0.4, -0.2) is 42.4 Å². The summed E-state index contributed by atoms with van der Waals surface area (Å²) in [6.07, 6.45) is 0.851. The minimum atomic E-state index is -0.476. The Kier molecular flexibility index (Phi) is 4.39. The molecule has 1 aromatic carbocycles. The van der Waals surface area contributed by atoms with Crippen molar-refractivity contribution in [1.29, 1.82) is 0 Å². The van der Waals surface area contributed by atoms with Gasteiger partial charge in [0.05, 0.1) is 6.54 Å². The molecule has 1 heterocycles. The zero-order chi connectivity index (χ0) is 14.7. The summed E-state index contributed by atoms with van der Waals surface area (Å²) in [7, 11) is 0. The summed E-state index contributed by atoms with van der Waals surface area (Å²) in [5.74, 6) is -0.589. The molecule has 20 heavy (non-hydrogen) atoms. The van der Waals surface area contributed by atoms with Crippen molar-refractivity contribution in [2.75, 3.05) is 19.6 Å². The number of amides is 2. The minimum Gasteiger partial charge on any atom is -0.368 e. The van der Waals surface area contributed by atoms with Gasteiger partial charge in [-0.1, -0.05) is 17.7 Å². The van der Waals surface area contributed by atoms with Crippen LogP contribution in [0.2, 0.25) is 0 Å². The average molecular weight is 275 g/mol. The zero-order valence-electron chi connectivity index (χ0n) is 12.0. The lowest BCUT2D eigenvalue weighted by Crippen LogP contribution is -2.46. The van der Waals surface area contributed by atoms with Crippen molar-refractivity contribution in [2.24, 2.45) is 5.73 Å². The fraction of sp³-hybridized carbons (Fsp3) is 0.467. The van der Waals surface area contributed by atoms with Crippen molar-refractivity contribution in [3.8, 4) is 0 Å². The molecular weight excluding hydrogens is 254 g/mol. The van der Waals surface area contributed by atoms with Gasteiger partial charge >= 0.3 is 0 Å². The summed E-state index contributed by atoms with van der Waals surface area (Å²) < 4.78 is 0. The van der Waals surface area contributed by atoms with Crippen LogP contribution in [-0.2, 0) is 4.79 Å². The summed E-state index contributed by atoms with van der Waals surface area (Å²) >= 11 is 0. The van der Waals surface area contributed by atoms with E-state index in [1.165, 1.54) is 0 Å². The van der Waals surface area contributed by atoms with E-state index in [4.69, 9.17) is 5.73 Å². The van der Waals surface area contributed by atoms with Crippen molar-refractivity contribution in [2.45, 2.75) is 26.3 Å². The molecule has 1 saturated heterocycles. The third-order valence-corrected chi connectivity index (χ3v) is 3.69. The van der Waals surface area contributed by atoms with E-state index in [0.29, 0.717) is 12.1 Å². The number of hydrogen-bond acceptors (Lipinski definition) is 3. The van der Waals surface area contributed by atoms with Crippen molar-refractivity contribution < 1.29 is 9.59 Å². The number of aryl methyl sites for hydroxylation is 2. The molecule has 1 aliphatic heterocycles. The van der Waals surface area contributed by atoms with Crippen LogP contribution >= 0.6 is 0 Å². The van der Waals surface area contributed by atoms with Gasteiger partial charge in [0, 0.05) is 18.2 Å². The molecule has 5 heteroatoms. The number of primary amides is 1. The number of hydrogen-bond donors (Lipinski definition) is 2. The molecule has 0 aromatic heterocycles. The molecule has 0 bridgehead atoms. The Labute approximate surface area is 119 Å². The van der Waals surface area contributed by atoms with Gasteiger partial charge < -0.3 is 16.0 Å². The van der Waals surface area contributed by atoms with Crippen LogP contribution in [0.4, 0.5) is 0 Å². The van der Waals surface area contributed by atoms with Gasteiger partial charge in [0.2, 0.25) is 5.91 Å². The molecule has 0 radical (unpaired) electrons. The maximum atomic E-state index is 12.7. The van der Waals surface area contributed by atoms with E-state index in [9.17, 15) is 9.59 Å². The normalized spacial score (nSPS) is 18.0. The number of nitrogens with one attached hydrogen (secondary N) is 1. The predicted molar refractivity (Wildman–Crippen MR) is 77.4 cm³/mol. The number of nitrogens with zero attached hydrogens (tertiary/aromatic N) is 1. The van der Waals surface area contributed by atoms with Crippen molar-refractivity contribution in [1.82, 2.24) is 10.2 Å². The van der Waals surface area contributed by atoms with Gasteiger partial charge in [-0.05, 0) is 38.4 Å². The molecule has 2 rings (SSSR count). The number of nitrogens with two attached hydrogens (primary N) is 1. The summed E-state index contributed by atoms with van der Waals surface area (Å²) in [6.45, 7) is 5.40. The maximum absolute atomic E-state index is 12.7. The molecule has 1 fully saturated rings. The van der Waals surface area contributed by atoms with Crippen LogP contribution in [0.1, 0.15) is 27.9 Å². The van der Waals surface area contributed by atoms with Crippen LogP contribution in [0.5, 0.6) is 0 Å². The van der Waals surface area contributed by atoms with Gasteiger partial charge in [-0.3, -0.25) is 9.59 Å². The number of benzene rings is 1. The van der Waals surface area contributed by atoms with Gasteiger partial charge in [-0.15, -0.1) is 0 Å². The van der Waals surface area contributed by atoms with Crippen LogP contribution in [0, 0.1) is 13.8 Å². The Morgan fingerprint density at radius 3 is 2.75 bits per heavy atom. The van der Waals surface area contributed by atoms with Crippen LogP contribution < -0.4 is 11.1 Å². The lowest BCUT2D eigenvalue weighted by molar-refractivity contribution is -0.119. The Bertz CT molecular complexity index is 522. The van der Waals surface area contributed by atoms with Crippen molar-refractivity contribution in [3.63, 3.8) is 0 Å². The maximum Gasteiger partial charge on any atom is 0.254 e. The third-order valence-electron chi connectivity index (χ3n) is 3.69. The van der Waals surface area contributed by atoms with E-state index in [2.05, 4.69) is 5.32 Å². The van der Waals surface area contributed by atoms with E-state index in [-0.39, 0.29) is 18.5 Å². The number of rotatable bonds is 4. The molecular formula is C15H21N3O2. The highest BCUT2D eigenvalue weighted by Gasteiger charge is 2.29. The second-order valence-electron chi connectivity index (χ2n) is 5.36. The highest BCUT2D eigenvalue weighted by Crippen LogP contribution is 2.17. The highest BCUT2D eigenvalue weighted by molar-refractivity contribution is 5.98. The summed E-state index contributed by atoms with van der Waals surface area (Å²) in [4.78, 5) is 25.6. The smallest absolute Gasteiger partial charge is 0.254 e. The van der Waals surface area contributed by atoms with Crippen LogP contribution in [0.25, 0.3) is 0 Å². The van der Waals surface area contributed by atoms with Gasteiger partial charge in [-0.25, -0.2) is 0 Å². The highest BCUT2D eigenvalue weighted by atomic mass is 16.2. The molecule has 108 valence electrons. The molecule has 0 spiro atoms. The second-order valence-corrected chi connectivity index (χ2v) is 5.36. The van der Waals surface area contributed by atoms with Crippen molar-refractivity contribution in [3.05, 3.63) is 34.9 Å². The fourth-order valence-corrected chi connectivity index (χ4v) is 2.56. The number of carbonyl (C=O) groups is 2. The topological polar surface area (TPSA) is 75.4 Å². The first-order valence-electron chi connectivity index (χ1n) is 6.86. The summed E-state index contributed by atoms with van der Waals surface area (Å²) in [6, 6.07) is 5.81. The van der Waals surface area contributed by atoms with E-state index >= 15 is 0 Å². The lowest BCUT2D eigenvalue weighted by atomic mass is 10.0. The molecule has 1 aliphatic rings. The third kappa shape index (κ3) is 3.17. The van der Waals surface area contributed by atoms with Crippen LogP contribution in [0.3, 0.4) is 0 Å². The standard InChI is InChI=1S/C15H21N3O2/c1-10-3-4-11(2)13(7-10)15(20)18(9-14(16)19)12-5-6-17-8-12/h3-4,7,12,17H,5-6,8-9H2,1-2H3,(H2,16,19).